The van der Waals surface area contributed by atoms with Gasteiger partial charge in [-0.25, -0.2) is 0 Å². The molecule has 0 amide bonds. The van der Waals surface area contributed by atoms with E-state index in [1.54, 1.807) is 6.42 Å². The maximum Gasteiger partial charge on any atom is 0.310 e. The minimum Gasteiger partial charge on any atom is -0.460 e. The summed E-state index contributed by atoms with van der Waals surface area (Å²) in [6.07, 6.45) is 2.39. The third-order valence-corrected chi connectivity index (χ3v) is 1.16. The molecule has 0 aromatic carbocycles. The van der Waals surface area contributed by atoms with E-state index in [2.05, 4.69) is 13.8 Å². The van der Waals surface area contributed by atoms with Gasteiger partial charge in [-0.05, 0) is 33.1 Å². The van der Waals surface area contributed by atoms with Crippen molar-refractivity contribution in [3.63, 3.8) is 0 Å². The quantitative estimate of drug-likeness (QED) is 0.610. The van der Waals surface area contributed by atoms with Crippen LogP contribution in [0.4, 0.5) is 0 Å². The van der Waals surface area contributed by atoms with Gasteiger partial charge >= 0.3 is 5.97 Å². The smallest absolute Gasteiger partial charge is 0.310 e. The molecule has 0 atom stereocenters. The predicted molar refractivity (Wildman–Crippen MR) is 49.6 cm³/mol. The van der Waals surface area contributed by atoms with Crippen LogP contribution in [-0.2, 0) is 9.53 Å². The van der Waals surface area contributed by atoms with Crippen LogP contribution in [0.15, 0.2) is 0 Å². The summed E-state index contributed by atoms with van der Waals surface area (Å²) < 4.78 is 5.09. The molecule has 12 heavy (non-hydrogen) atoms. The Morgan fingerprint density at radius 2 is 1.92 bits per heavy atom. The second-order valence-electron chi connectivity index (χ2n) is 4.37. The van der Waals surface area contributed by atoms with Crippen molar-refractivity contribution < 1.29 is 9.53 Å². The second kappa shape index (κ2) is 4.48. The molecule has 0 aromatic heterocycles. The van der Waals surface area contributed by atoms with E-state index < -0.39 is 0 Å². The first-order chi connectivity index (χ1) is 5.31. The lowest BCUT2D eigenvalue weighted by molar-refractivity contribution is -0.150. The van der Waals surface area contributed by atoms with Crippen LogP contribution >= 0.6 is 0 Å². The molecule has 2 nitrogen and oxygen atoms in total. The zero-order valence-electron chi connectivity index (χ0n) is 8.68. The zero-order valence-corrected chi connectivity index (χ0v) is 8.68. The Bertz CT molecular complexity index is 142. The molecule has 0 N–H and O–H groups in total. The molecule has 71 valence electrons. The average molecular weight is 171 g/mol. The van der Waals surface area contributed by atoms with Crippen LogP contribution < -0.4 is 0 Å². The summed E-state index contributed by atoms with van der Waals surface area (Å²) in [6.45, 7) is 9.75. The third kappa shape index (κ3) is 7.58. The standard InChI is InChI=1S/C10H19O2/c1-8(2)6-7-9(11)12-10(3,4)5/h7-8H,6H2,1-5H3. The number of carbonyl (C=O) groups is 1. The zero-order chi connectivity index (χ0) is 9.78. The van der Waals surface area contributed by atoms with Gasteiger partial charge in [0.05, 0.1) is 6.42 Å². The minimum absolute atomic E-state index is 0.212. The first-order valence-electron chi connectivity index (χ1n) is 4.37. The molecular weight excluding hydrogens is 152 g/mol. The van der Waals surface area contributed by atoms with Crippen molar-refractivity contribution in [1.29, 1.82) is 0 Å². The SMILES string of the molecule is CC(C)C[CH]C(=O)OC(C)(C)C. The maximum atomic E-state index is 11.1. The highest BCUT2D eigenvalue weighted by Gasteiger charge is 2.16. The van der Waals surface area contributed by atoms with Crippen LogP contribution in [0, 0.1) is 12.3 Å². The molecule has 0 unspecified atom stereocenters. The molecule has 0 spiro atoms. The molecule has 0 aliphatic heterocycles. The maximum absolute atomic E-state index is 11.1. The lowest BCUT2D eigenvalue weighted by atomic mass is 10.1. The van der Waals surface area contributed by atoms with Crippen molar-refractivity contribution in [1.82, 2.24) is 0 Å². The number of ether oxygens (including phenoxy) is 1. The average Bonchev–Trinajstić information content (AvgIpc) is 1.79. The van der Waals surface area contributed by atoms with Crippen LogP contribution in [0.3, 0.4) is 0 Å². The first kappa shape index (κ1) is 11.5. The van der Waals surface area contributed by atoms with E-state index in [0.29, 0.717) is 5.92 Å². The third-order valence-electron chi connectivity index (χ3n) is 1.16. The van der Waals surface area contributed by atoms with Gasteiger partial charge in [-0.3, -0.25) is 4.79 Å². The van der Waals surface area contributed by atoms with Gasteiger partial charge in [0, 0.05) is 0 Å². The lowest BCUT2D eigenvalue weighted by Gasteiger charge is -2.19. The van der Waals surface area contributed by atoms with E-state index in [0.717, 1.165) is 6.42 Å². The van der Waals surface area contributed by atoms with Gasteiger partial charge in [0.1, 0.15) is 5.60 Å². The molecule has 0 heterocycles. The second-order valence-corrected chi connectivity index (χ2v) is 4.37. The molecular formula is C10H19O2. The van der Waals surface area contributed by atoms with Crippen LogP contribution in [-0.4, -0.2) is 11.6 Å². The topological polar surface area (TPSA) is 26.3 Å². The van der Waals surface area contributed by atoms with Crippen molar-refractivity contribution in [2.45, 2.75) is 46.6 Å². The Hall–Kier alpha value is -0.530. The van der Waals surface area contributed by atoms with Gasteiger partial charge < -0.3 is 4.74 Å². The van der Waals surface area contributed by atoms with E-state index in [1.165, 1.54) is 0 Å². The van der Waals surface area contributed by atoms with E-state index in [9.17, 15) is 4.79 Å². The van der Waals surface area contributed by atoms with Gasteiger partial charge in [-0.1, -0.05) is 13.8 Å². The van der Waals surface area contributed by atoms with Crippen LogP contribution in [0.2, 0.25) is 0 Å². The molecule has 0 fully saturated rings. The van der Waals surface area contributed by atoms with Crippen LogP contribution in [0.25, 0.3) is 0 Å². The van der Waals surface area contributed by atoms with E-state index in [1.807, 2.05) is 20.8 Å². The van der Waals surface area contributed by atoms with Gasteiger partial charge in [0.25, 0.3) is 0 Å². The van der Waals surface area contributed by atoms with Crippen molar-refractivity contribution in [2.75, 3.05) is 0 Å². The van der Waals surface area contributed by atoms with Gasteiger partial charge in [-0.15, -0.1) is 0 Å². The fourth-order valence-electron chi connectivity index (χ4n) is 0.675. The Balaban J connectivity index is 3.61. The Labute approximate surface area is 75.3 Å². The summed E-state index contributed by atoms with van der Waals surface area (Å²) in [5, 5.41) is 0. The summed E-state index contributed by atoms with van der Waals surface area (Å²) in [5.74, 6) is 0.300. The van der Waals surface area contributed by atoms with Crippen LogP contribution in [0.1, 0.15) is 41.0 Å². The highest BCUT2D eigenvalue weighted by Crippen LogP contribution is 2.10. The van der Waals surface area contributed by atoms with Crippen molar-refractivity contribution >= 4 is 5.97 Å². The molecule has 0 aromatic rings. The fraction of sp³-hybridized carbons (Fsp3) is 0.800. The monoisotopic (exact) mass is 171 g/mol. The Kier molecular flexibility index (Phi) is 4.29. The summed E-state index contributed by atoms with van der Waals surface area (Å²) in [4.78, 5) is 11.1. The van der Waals surface area contributed by atoms with Crippen molar-refractivity contribution in [3.05, 3.63) is 6.42 Å². The lowest BCUT2D eigenvalue weighted by Crippen LogP contribution is -2.24. The minimum atomic E-state index is -0.370. The normalized spacial score (nSPS) is 11.8. The molecule has 0 saturated heterocycles. The molecule has 0 bridgehead atoms. The molecule has 0 aliphatic carbocycles. The summed E-state index contributed by atoms with van der Waals surface area (Å²) in [5.41, 5.74) is -0.370. The molecule has 1 radical (unpaired) electrons. The Morgan fingerprint density at radius 1 is 1.42 bits per heavy atom. The number of rotatable bonds is 3. The van der Waals surface area contributed by atoms with E-state index >= 15 is 0 Å². The summed E-state index contributed by atoms with van der Waals surface area (Å²) in [6, 6.07) is 0. The molecule has 2 heteroatoms. The van der Waals surface area contributed by atoms with Gasteiger partial charge in [-0.2, -0.15) is 0 Å². The predicted octanol–water partition coefficient (Wildman–Crippen LogP) is 2.58. The largest absolute Gasteiger partial charge is 0.460 e. The highest BCUT2D eigenvalue weighted by molar-refractivity contribution is 5.79. The molecule has 0 rings (SSSR count). The summed E-state index contributed by atoms with van der Waals surface area (Å²) >= 11 is 0. The molecule has 0 aliphatic rings. The number of hydrogen-bond donors (Lipinski definition) is 0. The van der Waals surface area contributed by atoms with Crippen molar-refractivity contribution in [3.8, 4) is 0 Å². The van der Waals surface area contributed by atoms with Crippen LogP contribution in [0.5, 0.6) is 0 Å². The first-order valence-corrected chi connectivity index (χ1v) is 4.37. The van der Waals surface area contributed by atoms with E-state index in [4.69, 9.17) is 4.74 Å². The van der Waals surface area contributed by atoms with Gasteiger partial charge in [0.2, 0.25) is 0 Å². The number of esters is 1. The summed E-state index contributed by atoms with van der Waals surface area (Å²) in [7, 11) is 0. The highest BCUT2D eigenvalue weighted by atomic mass is 16.6. The van der Waals surface area contributed by atoms with Crippen molar-refractivity contribution in [2.24, 2.45) is 5.92 Å². The molecule has 0 saturated carbocycles. The Morgan fingerprint density at radius 3 is 2.25 bits per heavy atom. The van der Waals surface area contributed by atoms with E-state index in [-0.39, 0.29) is 11.6 Å². The number of carbonyl (C=O) groups excluding carboxylic acids is 1. The number of hydrogen-bond acceptors (Lipinski definition) is 2. The fourth-order valence-corrected chi connectivity index (χ4v) is 0.675. The van der Waals surface area contributed by atoms with Gasteiger partial charge in [0.15, 0.2) is 0 Å².